The Balaban J connectivity index is 1.94. The second-order valence-electron chi connectivity index (χ2n) is 3.88. The maximum atomic E-state index is 11.7. The Kier molecular flexibility index (Phi) is 3.33. The average molecular weight is 225 g/mol. The van der Waals surface area contributed by atoms with Gasteiger partial charge in [-0.05, 0) is 25.3 Å². The summed E-state index contributed by atoms with van der Waals surface area (Å²) in [5, 5.41) is 4.77. The van der Waals surface area contributed by atoms with Crippen molar-refractivity contribution in [3.05, 3.63) is 16.6 Å². The molecule has 3 N–H and O–H groups in total. The van der Waals surface area contributed by atoms with Gasteiger partial charge in [0.25, 0.3) is 5.91 Å². The summed E-state index contributed by atoms with van der Waals surface area (Å²) in [6, 6.07) is 0.240. The van der Waals surface area contributed by atoms with Gasteiger partial charge in [0.05, 0.1) is 5.51 Å². The molecule has 0 spiro atoms. The zero-order valence-corrected chi connectivity index (χ0v) is 9.30. The third kappa shape index (κ3) is 2.35. The highest BCUT2D eigenvalue weighted by molar-refractivity contribution is 7.07. The minimum absolute atomic E-state index is 0.0680. The molecule has 1 aromatic rings. The molecule has 1 aliphatic carbocycles. The monoisotopic (exact) mass is 225 g/mol. The van der Waals surface area contributed by atoms with Crippen LogP contribution >= 0.6 is 11.3 Å². The van der Waals surface area contributed by atoms with Crippen LogP contribution in [0.2, 0.25) is 0 Å². The largest absolute Gasteiger partial charge is 0.348 e. The van der Waals surface area contributed by atoms with Crippen LogP contribution in [0.15, 0.2) is 10.9 Å². The van der Waals surface area contributed by atoms with Crippen molar-refractivity contribution in [2.24, 2.45) is 11.7 Å². The number of nitrogens with two attached hydrogens (primary N) is 1. The van der Waals surface area contributed by atoms with Gasteiger partial charge in [0.15, 0.2) is 0 Å². The number of nitrogens with zero attached hydrogens (tertiary/aromatic N) is 1. The van der Waals surface area contributed by atoms with Crippen LogP contribution in [0, 0.1) is 5.92 Å². The molecule has 1 saturated carbocycles. The van der Waals surface area contributed by atoms with E-state index in [9.17, 15) is 4.79 Å². The Morgan fingerprint density at radius 1 is 1.67 bits per heavy atom. The summed E-state index contributed by atoms with van der Waals surface area (Å²) in [5.41, 5.74) is 7.84. The van der Waals surface area contributed by atoms with Crippen LogP contribution in [-0.2, 0) is 0 Å². The molecule has 82 valence electrons. The second-order valence-corrected chi connectivity index (χ2v) is 4.60. The summed E-state index contributed by atoms with van der Waals surface area (Å²) in [7, 11) is 0. The van der Waals surface area contributed by atoms with E-state index in [4.69, 9.17) is 5.73 Å². The van der Waals surface area contributed by atoms with Crippen molar-refractivity contribution >= 4 is 17.2 Å². The summed E-state index contributed by atoms with van der Waals surface area (Å²) >= 11 is 1.44. The van der Waals surface area contributed by atoms with E-state index in [0.717, 1.165) is 19.3 Å². The summed E-state index contributed by atoms with van der Waals surface area (Å²) in [5.74, 6) is 0.370. The second kappa shape index (κ2) is 4.72. The van der Waals surface area contributed by atoms with Crippen molar-refractivity contribution in [3.63, 3.8) is 0 Å². The molecule has 5 heteroatoms. The molecule has 0 radical (unpaired) electrons. The maximum absolute atomic E-state index is 11.7. The van der Waals surface area contributed by atoms with Gasteiger partial charge < -0.3 is 11.1 Å². The molecule has 1 aromatic heterocycles. The van der Waals surface area contributed by atoms with E-state index in [2.05, 4.69) is 10.3 Å². The summed E-state index contributed by atoms with van der Waals surface area (Å²) < 4.78 is 0. The van der Waals surface area contributed by atoms with E-state index in [1.165, 1.54) is 11.3 Å². The standard InChI is InChI=1S/C10H15N3OS/c11-4-7-2-1-3-8(7)13-10(14)9-5-15-6-12-9/h5-8H,1-4,11H2,(H,13,14)/t7-,8+/m0/s1. The fourth-order valence-electron chi connectivity index (χ4n) is 2.08. The van der Waals surface area contributed by atoms with Gasteiger partial charge >= 0.3 is 0 Å². The molecule has 1 amide bonds. The first-order valence-corrected chi connectivity index (χ1v) is 6.14. The molecule has 1 aliphatic rings. The van der Waals surface area contributed by atoms with E-state index in [0.29, 0.717) is 18.2 Å². The zero-order valence-electron chi connectivity index (χ0n) is 8.48. The van der Waals surface area contributed by atoms with Crippen LogP contribution < -0.4 is 11.1 Å². The van der Waals surface area contributed by atoms with Crippen LogP contribution in [0.4, 0.5) is 0 Å². The van der Waals surface area contributed by atoms with Gasteiger partial charge in [0, 0.05) is 11.4 Å². The number of hydrogen-bond acceptors (Lipinski definition) is 4. The van der Waals surface area contributed by atoms with Gasteiger partial charge in [-0.25, -0.2) is 4.98 Å². The molecule has 0 aliphatic heterocycles. The first-order valence-electron chi connectivity index (χ1n) is 5.20. The van der Waals surface area contributed by atoms with Gasteiger partial charge in [-0.15, -0.1) is 11.3 Å². The first kappa shape index (κ1) is 10.6. The highest BCUT2D eigenvalue weighted by atomic mass is 32.1. The highest BCUT2D eigenvalue weighted by Gasteiger charge is 2.27. The number of carbonyl (C=O) groups is 1. The molecule has 2 atom stereocenters. The third-order valence-corrected chi connectivity index (χ3v) is 3.53. The van der Waals surface area contributed by atoms with E-state index in [1.807, 2.05) is 0 Å². The van der Waals surface area contributed by atoms with E-state index in [-0.39, 0.29) is 11.9 Å². The molecule has 0 unspecified atom stereocenters. The average Bonchev–Trinajstić information content (AvgIpc) is 2.87. The van der Waals surface area contributed by atoms with E-state index < -0.39 is 0 Å². The summed E-state index contributed by atoms with van der Waals surface area (Å²) in [6.07, 6.45) is 3.32. The Morgan fingerprint density at radius 2 is 2.53 bits per heavy atom. The number of rotatable bonds is 3. The number of carbonyl (C=O) groups excluding carboxylic acids is 1. The van der Waals surface area contributed by atoms with Gasteiger partial charge in [-0.2, -0.15) is 0 Å². The minimum Gasteiger partial charge on any atom is -0.348 e. The van der Waals surface area contributed by atoms with E-state index in [1.54, 1.807) is 10.9 Å². The predicted octanol–water partition coefficient (Wildman–Crippen LogP) is 1.00. The Hall–Kier alpha value is -0.940. The molecular weight excluding hydrogens is 210 g/mol. The van der Waals surface area contributed by atoms with Crippen molar-refractivity contribution in [2.45, 2.75) is 25.3 Å². The predicted molar refractivity (Wildman–Crippen MR) is 59.8 cm³/mol. The number of hydrogen-bond donors (Lipinski definition) is 2. The Labute approximate surface area is 92.9 Å². The smallest absolute Gasteiger partial charge is 0.270 e. The van der Waals surface area contributed by atoms with Crippen molar-refractivity contribution in [3.8, 4) is 0 Å². The van der Waals surface area contributed by atoms with Gasteiger partial charge in [-0.3, -0.25) is 4.79 Å². The van der Waals surface area contributed by atoms with Crippen LogP contribution in [0.3, 0.4) is 0 Å². The molecule has 4 nitrogen and oxygen atoms in total. The van der Waals surface area contributed by atoms with Gasteiger partial charge in [-0.1, -0.05) is 6.42 Å². The van der Waals surface area contributed by atoms with Crippen molar-refractivity contribution in [1.82, 2.24) is 10.3 Å². The number of aromatic nitrogens is 1. The van der Waals surface area contributed by atoms with Crippen LogP contribution in [0.1, 0.15) is 29.8 Å². The highest BCUT2D eigenvalue weighted by Crippen LogP contribution is 2.24. The number of amides is 1. The fourth-order valence-corrected chi connectivity index (χ4v) is 2.61. The normalized spacial score (nSPS) is 25.4. The quantitative estimate of drug-likeness (QED) is 0.806. The molecule has 0 bridgehead atoms. The van der Waals surface area contributed by atoms with Crippen molar-refractivity contribution < 1.29 is 4.79 Å². The Bertz CT molecular complexity index is 325. The molecular formula is C10H15N3OS. The minimum atomic E-state index is -0.0680. The topological polar surface area (TPSA) is 68.0 Å². The molecule has 2 rings (SSSR count). The molecule has 1 heterocycles. The summed E-state index contributed by atoms with van der Waals surface area (Å²) in [6.45, 7) is 0.655. The van der Waals surface area contributed by atoms with E-state index >= 15 is 0 Å². The molecule has 0 aromatic carbocycles. The lowest BCUT2D eigenvalue weighted by Crippen LogP contribution is -2.39. The van der Waals surface area contributed by atoms with Crippen LogP contribution in [0.5, 0.6) is 0 Å². The lowest BCUT2D eigenvalue weighted by Gasteiger charge is -2.18. The van der Waals surface area contributed by atoms with Crippen molar-refractivity contribution in [2.75, 3.05) is 6.54 Å². The Morgan fingerprint density at radius 3 is 3.20 bits per heavy atom. The third-order valence-electron chi connectivity index (χ3n) is 2.94. The molecule has 1 fully saturated rings. The lowest BCUT2D eigenvalue weighted by molar-refractivity contribution is 0.0924. The lowest BCUT2D eigenvalue weighted by atomic mass is 10.0. The fraction of sp³-hybridized carbons (Fsp3) is 0.600. The zero-order chi connectivity index (χ0) is 10.7. The van der Waals surface area contributed by atoms with Crippen molar-refractivity contribution in [1.29, 1.82) is 0 Å². The first-order chi connectivity index (χ1) is 7.31. The van der Waals surface area contributed by atoms with Gasteiger partial charge in [0.1, 0.15) is 5.69 Å². The van der Waals surface area contributed by atoms with Crippen LogP contribution in [-0.4, -0.2) is 23.5 Å². The number of thiazole rings is 1. The molecule has 0 saturated heterocycles. The number of nitrogens with one attached hydrogen (secondary N) is 1. The summed E-state index contributed by atoms with van der Waals surface area (Å²) in [4.78, 5) is 15.7. The molecule has 15 heavy (non-hydrogen) atoms. The van der Waals surface area contributed by atoms with Gasteiger partial charge in [0.2, 0.25) is 0 Å². The maximum Gasteiger partial charge on any atom is 0.270 e. The van der Waals surface area contributed by atoms with Crippen LogP contribution in [0.25, 0.3) is 0 Å². The SMILES string of the molecule is NC[C@@H]1CCC[C@H]1NC(=O)c1cscn1.